The van der Waals surface area contributed by atoms with Crippen molar-refractivity contribution >= 4 is 29.7 Å². The van der Waals surface area contributed by atoms with Crippen LogP contribution in [0.25, 0.3) is 0 Å². The highest BCUT2D eigenvalue weighted by molar-refractivity contribution is 6.13. The minimum atomic E-state index is -4.24. The molecular weight excluding hydrogens is 355 g/mol. The molecular formula is C16H10F3N3O4. The van der Waals surface area contributed by atoms with Crippen molar-refractivity contribution in [3.63, 3.8) is 0 Å². The van der Waals surface area contributed by atoms with Crippen LogP contribution in [0.3, 0.4) is 0 Å². The highest BCUT2D eigenvalue weighted by Gasteiger charge is 2.50. The molecule has 1 aliphatic rings. The van der Waals surface area contributed by atoms with Crippen LogP contribution < -0.4 is 19.7 Å². The predicted molar refractivity (Wildman–Crippen MR) is 84.3 cm³/mol. The van der Waals surface area contributed by atoms with E-state index in [9.17, 15) is 22.8 Å². The number of nitrogens with one attached hydrogen (secondary N) is 2. The van der Waals surface area contributed by atoms with Gasteiger partial charge in [0.15, 0.2) is 11.6 Å². The van der Waals surface area contributed by atoms with E-state index in [4.69, 9.17) is 10.1 Å². The third-order valence-corrected chi connectivity index (χ3v) is 3.33. The number of halogens is 3. The third kappa shape index (κ3) is 3.16. The Hall–Kier alpha value is -3.56. The minimum Gasteiger partial charge on any atom is -0.423 e. The molecule has 2 N–H and O–H groups in total. The average molecular weight is 365 g/mol. The lowest BCUT2D eigenvalue weighted by atomic mass is 10.2. The molecule has 0 spiro atoms. The zero-order valence-electron chi connectivity index (χ0n) is 12.8. The minimum absolute atomic E-state index is 0.197. The molecule has 3 rings (SSSR count). The van der Waals surface area contributed by atoms with E-state index < -0.39 is 35.4 Å². The first-order valence-corrected chi connectivity index (χ1v) is 7.10. The summed E-state index contributed by atoms with van der Waals surface area (Å²) < 4.78 is 50.2. The van der Waals surface area contributed by atoms with Crippen LogP contribution in [0.15, 0.2) is 42.5 Å². The lowest BCUT2D eigenvalue weighted by Gasteiger charge is -2.31. The molecule has 0 unspecified atom stereocenters. The number of ether oxygens (including phenoxy) is 2. The molecule has 10 heteroatoms. The Labute approximate surface area is 144 Å². The van der Waals surface area contributed by atoms with Crippen molar-refractivity contribution in [3.8, 4) is 11.5 Å². The second-order valence-electron chi connectivity index (χ2n) is 5.05. The van der Waals surface area contributed by atoms with Crippen LogP contribution in [-0.4, -0.2) is 24.4 Å². The van der Waals surface area contributed by atoms with Gasteiger partial charge in [-0.3, -0.25) is 20.4 Å². The summed E-state index contributed by atoms with van der Waals surface area (Å²) in [4.78, 5) is 23.7. The number of nitrogens with zero attached hydrogens (tertiary/aromatic N) is 1. The Morgan fingerprint density at radius 2 is 1.96 bits per heavy atom. The van der Waals surface area contributed by atoms with Crippen molar-refractivity contribution in [3.05, 3.63) is 48.3 Å². The summed E-state index contributed by atoms with van der Waals surface area (Å²) in [6.07, 6.45) is -4.94. The average Bonchev–Trinajstić information content (AvgIpc) is 2.58. The molecule has 0 atom stereocenters. The first kappa shape index (κ1) is 17.3. The lowest BCUT2D eigenvalue weighted by molar-refractivity contribution is -0.191. The van der Waals surface area contributed by atoms with E-state index in [1.807, 2.05) is 0 Å². The summed E-state index contributed by atoms with van der Waals surface area (Å²) in [5.74, 6) is -3.37. The summed E-state index contributed by atoms with van der Waals surface area (Å²) in [7, 11) is 0. The number of carbonyl (C=O) groups is 2. The fourth-order valence-electron chi connectivity index (χ4n) is 2.20. The van der Waals surface area contributed by atoms with Gasteiger partial charge in [-0.15, -0.1) is 0 Å². The molecule has 7 nitrogen and oxygen atoms in total. The molecule has 0 aromatic heterocycles. The number of anilines is 2. The molecule has 1 aliphatic heterocycles. The molecule has 1 heterocycles. The van der Waals surface area contributed by atoms with Gasteiger partial charge >= 0.3 is 18.1 Å². The van der Waals surface area contributed by atoms with Crippen LogP contribution in [-0.2, 0) is 4.79 Å². The number of hydrogen-bond donors (Lipinski definition) is 2. The van der Waals surface area contributed by atoms with Crippen LogP contribution in [0.4, 0.5) is 29.3 Å². The Morgan fingerprint density at radius 3 is 2.62 bits per heavy atom. The number of para-hydroxylation sites is 1. The van der Waals surface area contributed by atoms with Gasteiger partial charge in [0.25, 0.3) is 0 Å². The normalized spacial score (nSPS) is 14.9. The quantitative estimate of drug-likeness (QED) is 0.644. The van der Waals surface area contributed by atoms with E-state index in [0.717, 1.165) is 6.07 Å². The number of amides is 2. The molecule has 0 saturated carbocycles. The van der Waals surface area contributed by atoms with Crippen LogP contribution in [0.1, 0.15) is 0 Å². The van der Waals surface area contributed by atoms with Gasteiger partial charge in [0.05, 0.1) is 17.7 Å². The number of carbonyl (C=O) groups excluding carboxylic acids is 2. The predicted octanol–water partition coefficient (Wildman–Crippen LogP) is 3.36. The monoisotopic (exact) mass is 365 g/mol. The molecule has 0 bridgehead atoms. The summed E-state index contributed by atoms with van der Waals surface area (Å²) in [5, 5.41) is 9.23. The summed E-state index contributed by atoms with van der Waals surface area (Å²) in [6, 6.07) is 9.38. The van der Waals surface area contributed by atoms with Gasteiger partial charge in [-0.2, -0.15) is 8.78 Å². The van der Waals surface area contributed by atoms with Gasteiger partial charge in [-0.05, 0) is 18.2 Å². The topological polar surface area (TPSA) is 91.7 Å². The van der Waals surface area contributed by atoms with E-state index in [1.54, 1.807) is 18.2 Å². The largest absolute Gasteiger partial charge is 0.483 e. The van der Waals surface area contributed by atoms with E-state index in [0.29, 0.717) is 12.4 Å². The van der Waals surface area contributed by atoms with Crippen molar-refractivity contribution < 1.29 is 32.2 Å². The maximum atomic E-state index is 14.1. The van der Waals surface area contributed by atoms with Crippen LogP contribution in [0.2, 0.25) is 0 Å². The maximum Gasteiger partial charge on any atom is 0.483 e. The fourth-order valence-corrected chi connectivity index (χ4v) is 2.20. The Bertz CT molecular complexity index is 890. The van der Waals surface area contributed by atoms with Gasteiger partial charge in [0.2, 0.25) is 0 Å². The second kappa shape index (κ2) is 6.39. The summed E-state index contributed by atoms with van der Waals surface area (Å²) >= 11 is 0. The highest BCUT2D eigenvalue weighted by Crippen LogP contribution is 2.41. The van der Waals surface area contributed by atoms with Crippen LogP contribution in [0.5, 0.6) is 11.5 Å². The van der Waals surface area contributed by atoms with Gasteiger partial charge < -0.3 is 9.47 Å². The summed E-state index contributed by atoms with van der Waals surface area (Å²) in [5.41, 5.74) is -0.773. The van der Waals surface area contributed by atoms with E-state index in [1.165, 1.54) is 12.1 Å². The van der Waals surface area contributed by atoms with E-state index in [2.05, 4.69) is 10.1 Å². The van der Waals surface area contributed by atoms with Crippen molar-refractivity contribution in [2.45, 2.75) is 6.11 Å². The third-order valence-electron chi connectivity index (χ3n) is 3.33. The number of fused-ring (bicyclic) bond motifs is 1. The molecule has 2 amide bonds. The van der Waals surface area contributed by atoms with Crippen molar-refractivity contribution in [2.75, 3.05) is 10.2 Å². The van der Waals surface area contributed by atoms with Crippen molar-refractivity contribution in [1.82, 2.24) is 0 Å². The van der Waals surface area contributed by atoms with Gasteiger partial charge in [0, 0.05) is 6.07 Å². The van der Waals surface area contributed by atoms with Crippen molar-refractivity contribution in [1.29, 1.82) is 5.41 Å². The maximum absolute atomic E-state index is 14.1. The van der Waals surface area contributed by atoms with Crippen LogP contribution in [0, 0.1) is 11.2 Å². The standard InChI is InChI=1S/C16H10F3N3O4/c17-10-6-13-12(22(8-20)14(23)16(18,19)26-13)7-11(10)21-15(24)25-9-4-2-1-3-5-9/h1-8,20H,(H,21,24). The molecule has 2 aromatic carbocycles. The summed E-state index contributed by atoms with van der Waals surface area (Å²) in [6.45, 7) is 0. The molecule has 0 fully saturated rings. The van der Waals surface area contributed by atoms with Gasteiger partial charge in [-0.25, -0.2) is 9.18 Å². The van der Waals surface area contributed by atoms with Gasteiger partial charge in [-0.1, -0.05) is 18.2 Å². The van der Waals surface area contributed by atoms with Gasteiger partial charge in [0.1, 0.15) is 5.75 Å². The Kier molecular flexibility index (Phi) is 4.24. The highest BCUT2D eigenvalue weighted by atomic mass is 19.3. The molecule has 134 valence electrons. The zero-order valence-corrected chi connectivity index (χ0v) is 12.8. The molecule has 2 aromatic rings. The lowest BCUT2D eigenvalue weighted by Crippen LogP contribution is -2.50. The van der Waals surface area contributed by atoms with Crippen molar-refractivity contribution in [2.24, 2.45) is 0 Å². The smallest absolute Gasteiger partial charge is 0.423 e. The Balaban J connectivity index is 1.88. The molecule has 0 saturated heterocycles. The second-order valence-corrected chi connectivity index (χ2v) is 5.05. The number of hydrogen-bond acceptors (Lipinski definition) is 5. The number of rotatable bonds is 3. The number of benzene rings is 2. The van der Waals surface area contributed by atoms with E-state index in [-0.39, 0.29) is 16.3 Å². The van der Waals surface area contributed by atoms with E-state index >= 15 is 0 Å². The number of alkyl halides is 2. The first-order valence-electron chi connectivity index (χ1n) is 7.10. The SMILES string of the molecule is N=CN1C(=O)C(F)(F)Oc2cc(F)c(NC(=O)Oc3ccccc3)cc21. The zero-order chi connectivity index (χ0) is 18.9. The van der Waals surface area contributed by atoms with Crippen LogP contribution >= 0.6 is 0 Å². The molecule has 0 aliphatic carbocycles. The molecule has 0 radical (unpaired) electrons. The first-order chi connectivity index (χ1) is 12.3. The molecule has 26 heavy (non-hydrogen) atoms. The Morgan fingerprint density at radius 1 is 1.27 bits per heavy atom. The fraction of sp³-hybridized carbons (Fsp3) is 0.0625.